The molecule has 2 fully saturated rings. The normalized spacial score (nSPS) is 32.8. The van der Waals surface area contributed by atoms with E-state index in [1.54, 1.807) is 0 Å². The number of aliphatic hydroxyl groups excluding tert-OH is 1. The molecule has 1 aliphatic heterocycles. The van der Waals surface area contributed by atoms with Crippen LogP contribution in [0, 0.1) is 11.8 Å². The molecule has 1 heterocycles. The van der Waals surface area contributed by atoms with Gasteiger partial charge in [0.05, 0.1) is 6.61 Å². The molecule has 4 nitrogen and oxygen atoms in total. The fourth-order valence-electron chi connectivity index (χ4n) is 3.57. The zero-order valence-corrected chi connectivity index (χ0v) is 12.2. The van der Waals surface area contributed by atoms with Gasteiger partial charge in [-0.05, 0) is 51.0 Å². The highest BCUT2D eigenvalue weighted by Crippen LogP contribution is 2.37. The van der Waals surface area contributed by atoms with E-state index in [0.29, 0.717) is 11.8 Å². The Kier molecular flexibility index (Phi) is 6.07. The molecular formula is C15H29NO3. The van der Waals surface area contributed by atoms with E-state index >= 15 is 0 Å². The van der Waals surface area contributed by atoms with E-state index in [-0.39, 0.29) is 12.1 Å². The van der Waals surface area contributed by atoms with Crippen molar-refractivity contribution in [3.8, 4) is 0 Å². The largest absolute Gasteiger partial charge is 0.394 e. The van der Waals surface area contributed by atoms with Gasteiger partial charge in [-0.15, -0.1) is 0 Å². The van der Waals surface area contributed by atoms with E-state index in [1.807, 2.05) is 7.05 Å². The predicted octanol–water partition coefficient (Wildman–Crippen LogP) is 1.57. The Hall–Kier alpha value is -0.160. The number of hydrogen-bond donors (Lipinski definition) is 2. The van der Waals surface area contributed by atoms with Crippen LogP contribution in [0.25, 0.3) is 0 Å². The molecule has 2 N–H and O–H groups in total. The molecule has 0 spiro atoms. The maximum absolute atomic E-state index is 9.63. The zero-order valence-electron chi connectivity index (χ0n) is 12.2. The Labute approximate surface area is 116 Å². The van der Waals surface area contributed by atoms with Gasteiger partial charge in [-0.2, -0.15) is 0 Å². The molecular weight excluding hydrogens is 242 g/mol. The third-order valence-electron chi connectivity index (χ3n) is 5.04. The summed E-state index contributed by atoms with van der Waals surface area (Å²) in [4.78, 5) is 0. The Morgan fingerprint density at radius 1 is 1.32 bits per heavy atom. The van der Waals surface area contributed by atoms with Gasteiger partial charge < -0.3 is 19.9 Å². The van der Waals surface area contributed by atoms with Crippen molar-refractivity contribution in [2.24, 2.45) is 11.8 Å². The molecule has 2 aliphatic rings. The van der Waals surface area contributed by atoms with Crippen molar-refractivity contribution in [1.82, 2.24) is 5.32 Å². The van der Waals surface area contributed by atoms with Crippen molar-refractivity contribution in [2.45, 2.75) is 44.1 Å². The Bertz CT molecular complexity index is 250. The molecule has 112 valence electrons. The summed E-state index contributed by atoms with van der Waals surface area (Å²) >= 11 is 0. The quantitative estimate of drug-likeness (QED) is 0.690. The van der Waals surface area contributed by atoms with E-state index < -0.39 is 0 Å². The maximum atomic E-state index is 9.63. The third kappa shape index (κ3) is 3.91. The van der Waals surface area contributed by atoms with Gasteiger partial charge >= 0.3 is 0 Å². The van der Waals surface area contributed by atoms with Crippen LogP contribution in [0.5, 0.6) is 0 Å². The molecule has 0 bridgehead atoms. The molecule has 2 unspecified atom stereocenters. The number of nitrogens with one attached hydrogen (secondary N) is 1. The molecule has 0 radical (unpaired) electrons. The summed E-state index contributed by atoms with van der Waals surface area (Å²) in [6.45, 7) is 3.73. The van der Waals surface area contributed by atoms with Crippen molar-refractivity contribution in [3.05, 3.63) is 0 Å². The molecule has 0 aromatic rings. The minimum atomic E-state index is -0.0535. The molecule has 0 aromatic heterocycles. The topological polar surface area (TPSA) is 50.7 Å². The molecule has 4 heteroatoms. The Morgan fingerprint density at radius 2 is 2.11 bits per heavy atom. The number of aliphatic hydroxyl groups is 1. The smallest absolute Gasteiger partial charge is 0.0615 e. The predicted molar refractivity (Wildman–Crippen MR) is 75.2 cm³/mol. The highest BCUT2D eigenvalue weighted by Gasteiger charge is 2.40. The SMILES string of the molecule is CNC1(CO)CCCC1CCOCC1CCOCC1. The number of hydrogen-bond acceptors (Lipinski definition) is 4. The number of ether oxygens (including phenoxy) is 2. The van der Waals surface area contributed by atoms with Crippen molar-refractivity contribution in [1.29, 1.82) is 0 Å². The summed E-state index contributed by atoms with van der Waals surface area (Å²) in [5.41, 5.74) is -0.0535. The molecule has 2 rings (SSSR count). The summed E-state index contributed by atoms with van der Waals surface area (Å²) in [6, 6.07) is 0. The minimum Gasteiger partial charge on any atom is -0.394 e. The van der Waals surface area contributed by atoms with E-state index in [2.05, 4.69) is 5.32 Å². The highest BCUT2D eigenvalue weighted by atomic mass is 16.5. The summed E-state index contributed by atoms with van der Waals surface area (Å²) in [7, 11) is 1.97. The van der Waals surface area contributed by atoms with Gasteiger partial charge in [0.1, 0.15) is 0 Å². The molecule has 0 amide bonds. The Balaban J connectivity index is 1.64. The van der Waals surface area contributed by atoms with Gasteiger partial charge in [0.25, 0.3) is 0 Å². The van der Waals surface area contributed by atoms with Crippen LogP contribution >= 0.6 is 0 Å². The summed E-state index contributed by atoms with van der Waals surface area (Å²) in [5, 5.41) is 13.0. The lowest BCUT2D eigenvalue weighted by Gasteiger charge is -2.33. The van der Waals surface area contributed by atoms with Crippen LogP contribution in [0.2, 0.25) is 0 Å². The van der Waals surface area contributed by atoms with Crippen molar-refractivity contribution < 1.29 is 14.6 Å². The third-order valence-corrected chi connectivity index (χ3v) is 5.04. The monoisotopic (exact) mass is 271 g/mol. The molecule has 1 aliphatic carbocycles. The van der Waals surface area contributed by atoms with E-state index in [0.717, 1.165) is 52.1 Å². The van der Waals surface area contributed by atoms with Crippen LogP contribution < -0.4 is 5.32 Å². The van der Waals surface area contributed by atoms with Crippen molar-refractivity contribution in [2.75, 3.05) is 40.1 Å². The van der Waals surface area contributed by atoms with Gasteiger partial charge in [0.2, 0.25) is 0 Å². The Morgan fingerprint density at radius 3 is 2.79 bits per heavy atom. The van der Waals surface area contributed by atoms with E-state index in [1.165, 1.54) is 12.8 Å². The molecule has 1 saturated carbocycles. The van der Waals surface area contributed by atoms with Crippen LogP contribution in [0.3, 0.4) is 0 Å². The molecule has 19 heavy (non-hydrogen) atoms. The first-order chi connectivity index (χ1) is 9.30. The fourth-order valence-corrected chi connectivity index (χ4v) is 3.57. The standard InChI is InChI=1S/C15H29NO3/c1-16-15(12-17)7-2-3-14(15)6-10-19-11-13-4-8-18-9-5-13/h13-14,16-17H,2-12H2,1H3. The first-order valence-corrected chi connectivity index (χ1v) is 7.76. The second-order valence-corrected chi connectivity index (χ2v) is 6.07. The first kappa shape index (κ1) is 15.2. The minimum absolute atomic E-state index is 0.0535. The van der Waals surface area contributed by atoms with Crippen LogP contribution in [0.1, 0.15) is 38.5 Å². The second kappa shape index (κ2) is 7.58. The summed E-state index contributed by atoms with van der Waals surface area (Å²) in [5.74, 6) is 1.24. The van der Waals surface area contributed by atoms with E-state index in [9.17, 15) is 5.11 Å². The molecule has 0 aromatic carbocycles. The highest BCUT2D eigenvalue weighted by molar-refractivity contribution is 4.97. The fraction of sp³-hybridized carbons (Fsp3) is 1.00. The van der Waals surface area contributed by atoms with Crippen LogP contribution in [-0.2, 0) is 9.47 Å². The number of likely N-dealkylation sites (N-methyl/N-ethyl adjacent to an activating group) is 1. The van der Waals surface area contributed by atoms with Crippen molar-refractivity contribution >= 4 is 0 Å². The summed E-state index contributed by atoms with van der Waals surface area (Å²) < 4.78 is 11.2. The first-order valence-electron chi connectivity index (χ1n) is 7.76. The summed E-state index contributed by atoms with van der Waals surface area (Å²) in [6.07, 6.45) is 6.85. The van der Waals surface area contributed by atoms with Crippen LogP contribution in [0.4, 0.5) is 0 Å². The lowest BCUT2D eigenvalue weighted by Crippen LogP contribution is -2.49. The van der Waals surface area contributed by atoms with Crippen LogP contribution in [-0.4, -0.2) is 50.7 Å². The van der Waals surface area contributed by atoms with Gasteiger partial charge in [-0.1, -0.05) is 6.42 Å². The average molecular weight is 271 g/mol. The zero-order chi connectivity index (χ0) is 13.6. The average Bonchev–Trinajstić information content (AvgIpc) is 2.88. The van der Waals surface area contributed by atoms with Crippen LogP contribution in [0.15, 0.2) is 0 Å². The molecule has 2 atom stereocenters. The lowest BCUT2D eigenvalue weighted by atomic mass is 9.85. The van der Waals surface area contributed by atoms with Gasteiger partial charge in [-0.25, -0.2) is 0 Å². The van der Waals surface area contributed by atoms with Gasteiger partial charge in [-0.3, -0.25) is 0 Å². The number of rotatable bonds is 7. The van der Waals surface area contributed by atoms with Gasteiger partial charge in [0.15, 0.2) is 0 Å². The second-order valence-electron chi connectivity index (χ2n) is 6.07. The lowest BCUT2D eigenvalue weighted by molar-refractivity contribution is 0.0137. The van der Waals surface area contributed by atoms with Gasteiger partial charge in [0, 0.05) is 32.0 Å². The maximum Gasteiger partial charge on any atom is 0.0615 e. The van der Waals surface area contributed by atoms with Crippen molar-refractivity contribution in [3.63, 3.8) is 0 Å². The van der Waals surface area contributed by atoms with E-state index in [4.69, 9.17) is 9.47 Å². The molecule has 1 saturated heterocycles.